The second-order valence-electron chi connectivity index (χ2n) is 18.3. The summed E-state index contributed by atoms with van der Waals surface area (Å²) in [4.78, 5) is 13.0. The van der Waals surface area contributed by atoms with Crippen LogP contribution in [-0.4, -0.2) is 142 Å². The molecule has 2 aliphatic heterocycles. The standard InChI is InChI=1S/C56H94O14/c1-3-5-7-9-11-13-15-17-18-19-20-21-22-23-24-25-26-27-28-30-32-34-36-38-40-65-42-45(68-48(58)39-37-35-33-31-29-16-14-12-10-8-6-4-2)43-66-55-54(64)52(62)50(60)47(70-55)44-67-56-53(63)51(61)49(59)46(41-57)69-56/h5,7,11-14,17-18,20-21,23-24,26-27,45-47,49-57,59-64H,3-4,6,8-10,15-16,19,22,25,28-44H2,1-2H3/b7-5-,13-11-,14-12-,18-17-,21-20-,24-23-,27-26-. The van der Waals surface area contributed by atoms with E-state index in [4.69, 9.17) is 28.4 Å². The van der Waals surface area contributed by atoms with E-state index in [0.29, 0.717) is 13.0 Å². The summed E-state index contributed by atoms with van der Waals surface area (Å²) < 4.78 is 34.2. The predicted octanol–water partition coefficient (Wildman–Crippen LogP) is 8.46. The molecule has 2 aliphatic rings. The lowest BCUT2D eigenvalue weighted by molar-refractivity contribution is -0.332. The first kappa shape index (κ1) is 63.3. The molecule has 0 aliphatic carbocycles. The highest BCUT2D eigenvalue weighted by Gasteiger charge is 2.47. The highest BCUT2D eigenvalue weighted by Crippen LogP contribution is 2.26. The number of ether oxygens (including phenoxy) is 6. The van der Waals surface area contributed by atoms with Gasteiger partial charge in [0.05, 0.1) is 26.4 Å². The van der Waals surface area contributed by atoms with Crippen molar-refractivity contribution in [2.45, 2.75) is 229 Å². The number of rotatable bonds is 41. The van der Waals surface area contributed by atoms with Gasteiger partial charge in [-0.05, 0) is 89.9 Å². The van der Waals surface area contributed by atoms with Crippen LogP contribution in [0.15, 0.2) is 85.1 Å². The number of esters is 1. The van der Waals surface area contributed by atoms with E-state index >= 15 is 0 Å². The molecule has 2 heterocycles. The first-order chi connectivity index (χ1) is 34.1. The Kier molecular flexibility index (Phi) is 38.6. The average Bonchev–Trinajstić information content (AvgIpc) is 3.36. The van der Waals surface area contributed by atoms with Gasteiger partial charge in [0.2, 0.25) is 0 Å². The molecule has 11 atom stereocenters. The van der Waals surface area contributed by atoms with E-state index in [1.54, 1.807) is 0 Å². The summed E-state index contributed by atoms with van der Waals surface area (Å²) in [6, 6.07) is 0. The molecule has 70 heavy (non-hydrogen) atoms. The first-order valence-electron chi connectivity index (χ1n) is 26.7. The lowest BCUT2D eigenvalue weighted by Gasteiger charge is -2.42. The molecule has 2 saturated heterocycles. The van der Waals surface area contributed by atoms with Crippen LogP contribution in [0.5, 0.6) is 0 Å². The molecule has 11 unspecified atom stereocenters. The molecule has 0 bridgehead atoms. The van der Waals surface area contributed by atoms with Gasteiger partial charge in [-0.15, -0.1) is 0 Å². The Labute approximate surface area is 420 Å². The van der Waals surface area contributed by atoms with Crippen molar-refractivity contribution in [1.29, 1.82) is 0 Å². The van der Waals surface area contributed by atoms with Crippen LogP contribution in [0.1, 0.15) is 162 Å². The lowest BCUT2D eigenvalue weighted by atomic mass is 9.98. The third-order valence-corrected chi connectivity index (χ3v) is 12.1. The summed E-state index contributed by atoms with van der Waals surface area (Å²) in [7, 11) is 0. The molecule has 0 radical (unpaired) electrons. The minimum absolute atomic E-state index is 0.0397. The summed E-state index contributed by atoms with van der Waals surface area (Å²) in [6.45, 7) is 3.46. The fraction of sp³-hybridized carbons (Fsp3) is 0.732. The molecule has 0 amide bonds. The van der Waals surface area contributed by atoms with Crippen LogP contribution in [0, 0.1) is 0 Å². The van der Waals surface area contributed by atoms with Crippen LogP contribution in [0.3, 0.4) is 0 Å². The molecule has 0 aromatic carbocycles. The van der Waals surface area contributed by atoms with E-state index < -0.39 is 86.7 Å². The minimum Gasteiger partial charge on any atom is -0.457 e. The second kappa shape index (κ2) is 42.7. The van der Waals surface area contributed by atoms with Crippen LogP contribution in [0.4, 0.5) is 0 Å². The van der Waals surface area contributed by atoms with E-state index in [1.165, 1.54) is 19.3 Å². The van der Waals surface area contributed by atoms with Gasteiger partial charge < -0.3 is 64.2 Å². The number of carbonyl (C=O) groups is 1. The number of unbranched alkanes of at least 4 members (excludes halogenated alkanes) is 13. The maximum absolute atomic E-state index is 13.0. The molecule has 0 aromatic rings. The van der Waals surface area contributed by atoms with Gasteiger partial charge in [0, 0.05) is 13.0 Å². The SMILES string of the molecule is CC/C=C\C/C=C\C/C=C\C/C=C\C/C=C\C/C=C\CCCCCCCOCC(COC1OC(COC2OC(CO)C(O)C(O)C2O)C(O)C(O)C1O)OC(=O)CCCCCCC/C=C\CCCCC. The lowest BCUT2D eigenvalue weighted by Crippen LogP contribution is -2.61. The number of aliphatic hydroxyl groups excluding tert-OH is 7. The van der Waals surface area contributed by atoms with Crippen molar-refractivity contribution in [3.8, 4) is 0 Å². The van der Waals surface area contributed by atoms with Crippen molar-refractivity contribution in [1.82, 2.24) is 0 Å². The number of allylic oxidation sites excluding steroid dienone is 14. The summed E-state index contributed by atoms with van der Waals surface area (Å²) in [5.41, 5.74) is 0. The van der Waals surface area contributed by atoms with Gasteiger partial charge in [-0.3, -0.25) is 4.79 Å². The van der Waals surface area contributed by atoms with Crippen LogP contribution < -0.4 is 0 Å². The molecular formula is C56H94O14. The van der Waals surface area contributed by atoms with Gasteiger partial charge in [0.15, 0.2) is 12.6 Å². The van der Waals surface area contributed by atoms with Crippen molar-refractivity contribution in [3.05, 3.63) is 85.1 Å². The molecule has 2 fully saturated rings. The molecule has 7 N–H and O–H groups in total. The van der Waals surface area contributed by atoms with Gasteiger partial charge in [0.1, 0.15) is 54.9 Å². The average molecular weight is 991 g/mol. The van der Waals surface area contributed by atoms with Crippen LogP contribution in [-0.2, 0) is 33.2 Å². The Morgan fingerprint density at radius 1 is 0.486 bits per heavy atom. The van der Waals surface area contributed by atoms with Crippen molar-refractivity contribution in [3.63, 3.8) is 0 Å². The van der Waals surface area contributed by atoms with Gasteiger partial charge in [-0.25, -0.2) is 0 Å². The summed E-state index contributed by atoms with van der Waals surface area (Å²) in [5, 5.41) is 72.1. The van der Waals surface area contributed by atoms with Crippen LogP contribution >= 0.6 is 0 Å². The fourth-order valence-corrected chi connectivity index (χ4v) is 7.81. The van der Waals surface area contributed by atoms with Crippen molar-refractivity contribution >= 4 is 5.97 Å². The second-order valence-corrected chi connectivity index (χ2v) is 18.3. The fourth-order valence-electron chi connectivity index (χ4n) is 7.81. The van der Waals surface area contributed by atoms with Gasteiger partial charge in [-0.2, -0.15) is 0 Å². The van der Waals surface area contributed by atoms with E-state index in [9.17, 15) is 40.5 Å². The smallest absolute Gasteiger partial charge is 0.306 e. The highest BCUT2D eigenvalue weighted by molar-refractivity contribution is 5.69. The third kappa shape index (κ3) is 29.6. The molecular weight excluding hydrogens is 897 g/mol. The highest BCUT2D eigenvalue weighted by atomic mass is 16.7. The topological polar surface area (TPSA) is 214 Å². The molecule has 14 heteroatoms. The van der Waals surface area contributed by atoms with Gasteiger partial charge >= 0.3 is 5.97 Å². The Hall–Kier alpha value is -2.83. The van der Waals surface area contributed by atoms with Crippen molar-refractivity contribution in [2.75, 3.05) is 33.0 Å². The Balaban J connectivity index is 1.74. The molecule has 2 rings (SSSR count). The zero-order chi connectivity index (χ0) is 50.9. The Bertz CT molecular complexity index is 1480. The summed E-state index contributed by atoms with van der Waals surface area (Å²) in [6.07, 6.45) is 37.9. The molecule has 14 nitrogen and oxygen atoms in total. The summed E-state index contributed by atoms with van der Waals surface area (Å²) >= 11 is 0. The summed E-state index contributed by atoms with van der Waals surface area (Å²) in [5.74, 6) is -0.398. The minimum atomic E-state index is -1.72. The molecule has 0 spiro atoms. The van der Waals surface area contributed by atoms with Crippen molar-refractivity contribution in [2.24, 2.45) is 0 Å². The number of carbonyl (C=O) groups excluding carboxylic acids is 1. The zero-order valence-electron chi connectivity index (χ0n) is 42.7. The van der Waals surface area contributed by atoms with Crippen LogP contribution in [0.25, 0.3) is 0 Å². The third-order valence-electron chi connectivity index (χ3n) is 12.1. The molecule has 402 valence electrons. The number of aliphatic hydroxyl groups is 7. The quantitative estimate of drug-likeness (QED) is 0.0174. The number of hydrogen-bond donors (Lipinski definition) is 7. The van der Waals surface area contributed by atoms with E-state index in [0.717, 1.165) is 116 Å². The van der Waals surface area contributed by atoms with Crippen molar-refractivity contribution < 1.29 is 69.0 Å². The maximum Gasteiger partial charge on any atom is 0.306 e. The Morgan fingerprint density at radius 3 is 1.47 bits per heavy atom. The number of hydrogen-bond acceptors (Lipinski definition) is 14. The maximum atomic E-state index is 13.0. The van der Waals surface area contributed by atoms with E-state index in [1.807, 2.05) is 0 Å². The molecule has 0 aromatic heterocycles. The predicted molar refractivity (Wildman–Crippen MR) is 275 cm³/mol. The largest absolute Gasteiger partial charge is 0.457 e. The Morgan fingerprint density at radius 2 is 0.929 bits per heavy atom. The monoisotopic (exact) mass is 991 g/mol. The van der Waals surface area contributed by atoms with E-state index in [-0.39, 0.29) is 19.6 Å². The van der Waals surface area contributed by atoms with Crippen LogP contribution in [0.2, 0.25) is 0 Å². The van der Waals surface area contributed by atoms with E-state index in [2.05, 4.69) is 98.9 Å². The normalized spacial score (nSPS) is 26.2. The molecule has 0 saturated carbocycles. The van der Waals surface area contributed by atoms with Gasteiger partial charge in [0.25, 0.3) is 0 Å². The van der Waals surface area contributed by atoms with Gasteiger partial charge in [-0.1, -0.05) is 150 Å². The first-order valence-corrected chi connectivity index (χ1v) is 26.7. The zero-order valence-corrected chi connectivity index (χ0v) is 42.7.